The topological polar surface area (TPSA) is 97.7 Å². The van der Waals surface area contributed by atoms with Crippen LogP contribution in [0.3, 0.4) is 0 Å². The van der Waals surface area contributed by atoms with Gasteiger partial charge in [-0.15, -0.1) is 0 Å². The van der Waals surface area contributed by atoms with Crippen LogP contribution in [0.1, 0.15) is 67.6 Å². The van der Waals surface area contributed by atoms with Gasteiger partial charge in [0, 0.05) is 37.4 Å². The Labute approximate surface area is 228 Å². The van der Waals surface area contributed by atoms with E-state index < -0.39 is 17.6 Å². The summed E-state index contributed by atoms with van der Waals surface area (Å²) in [4.78, 5) is 16.7. The minimum Gasteiger partial charge on any atom is -0.379 e. The molecule has 2 unspecified atom stereocenters. The fourth-order valence-corrected chi connectivity index (χ4v) is 5.53. The van der Waals surface area contributed by atoms with Gasteiger partial charge in [0.25, 0.3) is 0 Å². The van der Waals surface area contributed by atoms with Crippen molar-refractivity contribution in [3.05, 3.63) is 81.7 Å². The van der Waals surface area contributed by atoms with E-state index in [1.807, 2.05) is 75.2 Å². The predicted molar refractivity (Wildman–Crippen MR) is 148 cm³/mol. The number of H-pyrrole nitrogens is 1. The number of aromatic nitrogens is 3. The number of halogens is 1. The number of fused-ring (bicyclic) bond motifs is 2. The van der Waals surface area contributed by atoms with E-state index in [2.05, 4.69) is 14.9 Å². The summed E-state index contributed by atoms with van der Waals surface area (Å²) < 4.78 is 5.79. The maximum atomic E-state index is 11.9. The first-order valence-electron chi connectivity index (χ1n) is 13.0. The quantitative estimate of drug-likeness (QED) is 0.417. The highest BCUT2D eigenvalue weighted by Crippen LogP contribution is 2.46. The zero-order chi connectivity index (χ0) is 27.2. The van der Waals surface area contributed by atoms with Crippen molar-refractivity contribution in [2.24, 2.45) is 0 Å². The molecule has 3 aromatic rings. The van der Waals surface area contributed by atoms with Crippen LogP contribution in [0.5, 0.6) is 0 Å². The molecule has 0 amide bonds. The standard InChI is InChI=1S/C29H36ClN5O3/c1-18-32-17-24(33-18)29(5,37)23-15-19-7-6-10-31-25(19)26(21-9-8-20(30)16-22(21)23)34-11-13-35(14-12-34)27(36)38-28(2,3)4/h6-10,15-17,26-27,36-37H,11-14H2,1-5H3,(H,32,33)/t26-,27?,29?/m0/s1. The molecule has 3 heterocycles. The molecular weight excluding hydrogens is 502 g/mol. The number of nitrogens with one attached hydrogen (secondary N) is 1. The van der Waals surface area contributed by atoms with Gasteiger partial charge in [-0.3, -0.25) is 14.8 Å². The van der Waals surface area contributed by atoms with Gasteiger partial charge >= 0.3 is 0 Å². The first-order valence-corrected chi connectivity index (χ1v) is 13.4. The number of hydrogen-bond donors (Lipinski definition) is 3. The van der Waals surface area contributed by atoms with Crippen LogP contribution < -0.4 is 0 Å². The molecule has 3 N–H and O–H groups in total. The van der Waals surface area contributed by atoms with Gasteiger partial charge in [0.15, 0.2) is 0 Å². The molecule has 0 spiro atoms. The Balaban J connectivity index is 1.55. The number of nitrogens with zero attached hydrogens (tertiary/aromatic N) is 4. The molecule has 38 heavy (non-hydrogen) atoms. The molecule has 5 rings (SSSR count). The first kappa shape index (κ1) is 27.0. The van der Waals surface area contributed by atoms with E-state index in [9.17, 15) is 10.2 Å². The number of piperazine rings is 1. The van der Waals surface area contributed by atoms with Crippen molar-refractivity contribution in [1.82, 2.24) is 24.8 Å². The monoisotopic (exact) mass is 537 g/mol. The molecule has 1 fully saturated rings. The highest BCUT2D eigenvalue weighted by Gasteiger charge is 2.39. The Bertz CT molecular complexity index is 1340. The van der Waals surface area contributed by atoms with Crippen LogP contribution in [0.15, 0.2) is 42.7 Å². The number of aliphatic hydroxyl groups excluding tert-OH is 1. The predicted octanol–water partition coefficient (Wildman–Crippen LogP) is 4.33. The Morgan fingerprint density at radius 3 is 2.50 bits per heavy atom. The molecule has 1 aliphatic carbocycles. The maximum absolute atomic E-state index is 11.9. The molecule has 0 bridgehead atoms. The van der Waals surface area contributed by atoms with E-state index in [0.717, 1.165) is 33.8 Å². The van der Waals surface area contributed by atoms with E-state index >= 15 is 0 Å². The molecule has 1 aromatic carbocycles. The largest absolute Gasteiger partial charge is 0.379 e. The van der Waals surface area contributed by atoms with E-state index in [-0.39, 0.29) is 6.04 Å². The molecule has 2 aromatic heterocycles. The highest BCUT2D eigenvalue weighted by atomic mass is 35.5. The van der Waals surface area contributed by atoms with E-state index in [1.54, 1.807) is 13.1 Å². The normalized spacial score (nSPS) is 21.2. The zero-order valence-corrected chi connectivity index (χ0v) is 23.3. The number of rotatable bonds is 5. The molecule has 0 radical (unpaired) electrons. The highest BCUT2D eigenvalue weighted by molar-refractivity contribution is 6.30. The van der Waals surface area contributed by atoms with Crippen molar-refractivity contribution < 1.29 is 14.9 Å². The minimum absolute atomic E-state index is 0.158. The summed E-state index contributed by atoms with van der Waals surface area (Å²) in [5.41, 5.74) is 3.30. The summed E-state index contributed by atoms with van der Waals surface area (Å²) in [6, 6.07) is 9.66. The van der Waals surface area contributed by atoms with Gasteiger partial charge in [-0.1, -0.05) is 23.7 Å². The van der Waals surface area contributed by atoms with Gasteiger partial charge in [0.2, 0.25) is 6.41 Å². The summed E-state index contributed by atoms with van der Waals surface area (Å²) in [6.45, 7) is 12.2. The SMILES string of the molecule is Cc1ncc(C(C)(O)C2=Cc3cccnc3[C@@H](N3CCN(C(O)OC(C)(C)C)CC3)c3ccc(Cl)cc32)[nH]1. The molecule has 1 saturated heterocycles. The van der Waals surface area contributed by atoms with Crippen LogP contribution in [-0.4, -0.2) is 73.2 Å². The van der Waals surface area contributed by atoms with Gasteiger partial charge in [-0.25, -0.2) is 4.98 Å². The maximum Gasteiger partial charge on any atom is 0.216 e. The summed E-state index contributed by atoms with van der Waals surface area (Å²) >= 11 is 6.54. The van der Waals surface area contributed by atoms with Crippen LogP contribution >= 0.6 is 11.6 Å². The second-order valence-corrected chi connectivity index (χ2v) is 11.7. The molecular formula is C29H36ClN5O3. The van der Waals surface area contributed by atoms with Crippen molar-refractivity contribution in [2.75, 3.05) is 26.2 Å². The first-order chi connectivity index (χ1) is 17.9. The minimum atomic E-state index is -1.35. The fraction of sp³-hybridized carbons (Fsp3) is 0.448. The van der Waals surface area contributed by atoms with Gasteiger partial charge in [0.05, 0.1) is 29.2 Å². The van der Waals surface area contributed by atoms with Crippen LogP contribution in [0, 0.1) is 6.92 Å². The number of pyridine rings is 1. The lowest BCUT2D eigenvalue weighted by molar-refractivity contribution is -0.244. The number of aromatic amines is 1. The lowest BCUT2D eigenvalue weighted by Gasteiger charge is -2.42. The van der Waals surface area contributed by atoms with Gasteiger partial charge < -0.3 is 19.9 Å². The summed E-state index contributed by atoms with van der Waals surface area (Å²) in [7, 11) is 0. The third kappa shape index (κ3) is 5.30. The summed E-state index contributed by atoms with van der Waals surface area (Å²) in [5.74, 6) is 0.733. The van der Waals surface area contributed by atoms with Gasteiger partial charge in [-0.2, -0.15) is 0 Å². The molecule has 2 aliphatic rings. The molecule has 3 atom stereocenters. The Morgan fingerprint density at radius 1 is 1.11 bits per heavy atom. The van der Waals surface area contributed by atoms with E-state index in [4.69, 9.17) is 21.3 Å². The van der Waals surface area contributed by atoms with Crippen molar-refractivity contribution in [3.63, 3.8) is 0 Å². The zero-order valence-electron chi connectivity index (χ0n) is 22.6. The molecule has 9 heteroatoms. The molecule has 8 nitrogen and oxygen atoms in total. The second kappa shape index (κ2) is 10.2. The van der Waals surface area contributed by atoms with Crippen LogP contribution in [-0.2, 0) is 10.3 Å². The fourth-order valence-electron chi connectivity index (χ4n) is 5.35. The summed E-state index contributed by atoms with van der Waals surface area (Å²) in [5, 5.41) is 23.2. The Hall–Kier alpha value is -2.59. The van der Waals surface area contributed by atoms with E-state index in [1.165, 1.54) is 0 Å². The van der Waals surface area contributed by atoms with Crippen molar-refractivity contribution in [1.29, 1.82) is 0 Å². The third-order valence-corrected chi connectivity index (χ3v) is 7.50. The van der Waals surface area contributed by atoms with E-state index in [0.29, 0.717) is 36.9 Å². The molecule has 202 valence electrons. The number of ether oxygens (including phenoxy) is 1. The van der Waals surface area contributed by atoms with Crippen LogP contribution in [0.2, 0.25) is 5.02 Å². The van der Waals surface area contributed by atoms with Gasteiger partial charge in [0.1, 0.15) is 11.4 Å². The van der Waals surface area contributed by atoms with Crippen LogP contribution in [0.4, 0.5) is 0 Å². The van der Waals surface area contributed by atoms with Crippen molar-refractivity contribution >= 4 is 23.3 Å². The van der Waals surface area contributed by atoms with Crippen molar-refractivity contribution in [3.8, 4) is 0 Å². The van der Waals surface area contributed by atoms with Crippen LogP contribution in [0.25, 0.3) is 11.6 Å². The number of benzene rings is 1. The lowest BCUT2D eigenvalue weighted by atomic mass is 9.84. The average molecular weight is 538 g/mol. The number of hydrogen-bond acceptors (Lipinski definition) is 7. The molecule has 0 saturated carbocycles. The smallest absolute Gasteiger partial charge is 0.216 e. The third-order valence-electron chi connectivity index (χ3n) is 7.27. The number of imidazole rings is 1. The number of aliphatic hydroxyl groups is 2. The summed E-state index contributed by atoms with van der Waals surface area (Å²) in [6.07, 6.45) is 4.56. The Morgan fingerprint density at radius 2 is 1.84 bits per heavy atom. The van der Waals surface area contributed by atoms with Crippen molar-refractivity contribution in [2.45, 2.75) is 58.3 Å². The molecule has 1 aliphatic heterocycles. The average Bonchev–Trinajstić information content (AvgIpc) is 3.24. The second-order valence-electron chi connectivity index (χ2n) is 11.3. The lowest BCUT2D eigenvalue weighted by Crippen LogP contribution is -2.53. The Kier molecular flexibility index (Phi) is 7.24. The number of aryl methyl sites for hydroxylation is 1. The van der Waals surface area contributed by atoms with Gasteiger partial charge in [-0.05, 0) is 81.2 Å².